The van der Waals surface area contributed by atoms with Gasteiger partial charge in [0, 0.05) is 11.1 Å². The van der Waals surface area contributed by atoms with E-state index in [0.717, 1.165) is 44.8 Å². The third-order valence-corrected chi connectivity index (χ3v) is 9.94. The van der Waals surface area contributed by atoms with Gasteiger partial charge in [-0.25, -0.2) is 9.97 Å². The van der Waals surface area contributed by atoms with Crippen LogP contribution in [0.1, 0.15) is 0 Å². The molecule has 0 saturated heterocycles. The number of nitrogens with zero attached hydrogens (tertiary/aromatic N) is 2. The Labute approximate surface area is 316 Å². The maximum absolute atomic E-state index is 4.76. The van der Waals surface area contributed by atoms with E-state index in [9.17, 15) is 0 Å². The summed E-state index contributed by atoms with van der Waals surface area (Å²) in [5.74, 6) is 0. The molecule has 0 amide bonds. The topological polar surface area (TPSA) is 25.8 Å². The van der Waals surface area contributed by atoms with Gasteiger partial charge >= 0.3 is 0 Å². The van der Waals surface area contributed by atoms with Gasteiger partial charge in [0.25, 0.3) is 0 Å². The van der Waals surface area contributed by atoms with Gasteiger partial charge in [0.15, 0.2) is 0 Å². The molecule has 0 radical (unpaired) electrons. The van der Waals surface area contributed by atoms with Crippen molar-refractivity contribution >= 4 is 0 Å². The Morgan fingerprint density at radius 2 is 0.426 bits per heavy atom. The lowest BCUT2D eigenvalue weighted by Gasteiger charge is -2.13. The van der Waals surface area contributed by atoms with Crippen LogP contribution in [0.4, 0.5) is 0 Å². The standard InChI is InChI=1S/C52H36N2/c1-5-15-37(16-6-1)45-29-46(38-17-7-2-8-18-38)32-49(31-45)41-23-13-25-43(27-41)51-35-52(54-36-53-51)44-26-14-24-42(28-44)50-33-47(39-19-9-3-10-20-39)30-48(34-50)40-21-11-4-12-22-40/h1-36H. The first-order valence-electron chi connectivity index (χ1n) is 18.3. The predicted octanol–water partition coefficient (Wildman–Crippen LogP) is 13.8. The fourth-order valence-corrected chi connectivity index (χ4v) is 7.17. The van der Waals surface area contributed by atoms with Crippen LogP contribution in [0, 0.1) is 0 Å². The maximum atomic E-state index is 4.76. The molecule has 0 unspecified atom stereocenters. The smallest absolute Gasteiger partial charge is 0.116 e. The molecular weight excluding hydrogens is 653 g/mol. The van der Waals surface area contributed by atoms with Gasteiger partial charge in [-0.3, -0.25) is 0 Å². The molecule has 0 bridgehead atoms. The Bertz CT molecular complexity index is 2390. The van der Waals surface area contributed by atoms with Crippen LogP contribution >= 0.6 is 0 Å². The summed E-state index contributed by atoms with van der Waals surface area (Å²) >= 11 is 0. The zero-order chi connectivity index (χ0) is 36.1. The highest BCUT2D eigenvalue weighted by Gasteiger charge is 2.12. The molecule has 0 fully saturated rings. The molecule has 0 spiro atoms. The van der Waals surface area contributed by atoms with Gasteiger partial charge in [-0.15, -0.1) is 0 Å². The van der Waals surface area contributed by atoms with Crippen molar-refractivity contribution in [2.75, 3.05) is 0 Å². The summed E-state index contributed by atoms with van der Waals surface area (Å²) in [6.45, 7) is 0. The molecule has 1 heterocycles. The summed E-state index contributed by atoms with van der Waals surface area (Å²) in [4.78, 5) is 9.52. The number of hydrogen-bond acceptors (Lipinski definition) is 2. The third kappa shape index (κ3) is 7.01. The summed E-state index contributed by atoms with van der Waals surface area (Å²) in [6, 6.07) is 75.5. The van der Waals surface area contributed by atoms with Gasteiger partial charge in [-0.2, -0.15) is 0 Å². The average Bonchev–Trinajstić information content (AvgIpc) is 3.27. The molecule has 9 aromatic rings. The molecule has 1 aromatic heterocycles. The number of hydrogen-bond donors (Lipinski definition) is 0. The van der Waals surface area contributed by atoms with Crippen molar-refractivity contribution in [3.8, 4) is 89.3 Å². The van der Waals surface area contributed by atoms with Crippen LogP contribution in [-0.4, -0.2) is 9.97 Å². The van der Waals surface area contributed by atoms with E-state index in [0.29, 0.717) is 0 Å². The second-order valence-corrected chi connectivity index (χ2v) is 13.5. The first-order valence-corrected chi connectivity index (χ1v) is 18.3. The minimum absolute atomic E-state index is 0.882. The zero-order valence-electron chi connectivity index (χ0n) is 29.7. The van der Waals surface area contributed by atoms with Crippen LogP contribution in [0.5, 0.6) is 0 Å². The lowest BCUT2D eigenvalue weighted by atomic mass is 9.92. The van der Waals surface area contributed by atoms with Crippen LogP contribution in [0.2, 0.25) is 0 Å². The molecule has 0 saturated carbocycles. The molecule has 2 heteroatoms. The lowest BCUT2D eigenvalue weighted by molar-refractivity contribution is 1.18. The van der Waals surface area contributed by atoms with Gasteiger partial charge in [0.05, 0.1) is 11.4 Å². The van der Waals surface area contributed by atoms with Gasteiger partial charge in [0.1, 0.15) is 6.33 Å². The summed E-state index contributed by atoms with van der Waals surface area (Å²) < 4.78 is 0. The highest BCUT2D eigenvalue weighted by Crippen LogP contribution is 2.37. The SMILES string of the molecule is c1ccc(-c2cc(-c3ccccc3)cc(-c3cccc(-c4cc(-c5cccc(-c6cc(-c7ccccc7)cc(-c7ccccc7)c6)c5)ncn4)c3)c2)cc1. The van der Waals surface area contributed by atoms with Crippen LogP contribution in [-0.2, 0) is 0 Å². The van der Waals surface area contributed by atoms with E-state index in [4.69, 9.17) is 9.97 Å². The lowest BCUT2D eigenvalue weighted by Crippen LogP contribution is -1.91. The van der Waals surface area contributed by atoms with E-state index >= 15 is 0 Å². The Balaban J connectivity index is 1.08. The van der Waals surface area contributed by atoms with Crippen LogP contribution < -0.4 is 0 Å². The van der Waals surface area contributed by atoms with Crippen molar-refractivity contribution in [1.82, 2.24) is 9.97 Å². The molecule has 0 aliphatic rings. The van der Waals surface area contributed by atoms with Crippen molar-refractivity contribution in [2.45, 2.75) is 0 Å². The van der Waals surface area contributed by atoms with E-state index in [1.807, 2.05) is 0 Å². The first-order chi connectivity index (χ1) is 26.7. The van der Waals surface area contributed by atoms with Crippen LogP contribution in [0.25, 0.3) is 89.3 Å². The number of aromatic nitrogens is 2. The zero-order valence-corrected chi connectivity index (χ0v) is 29.7. The second-order valence-electron chi connectivity index (χ2n) is 13.5. The molecular formula is C52H36N2. The van der Waals surface area contributed by atoms with Crippen LogP contribution in [0.3, 0.4) is 0 Å². The molecule has 0 atom stereocenters. The normalized spacial score (nSPS) is 11.0. The predicted molar refractivity (Wildman–Crippen MR) is 226 cm³/mol. The minimum Gasteiger partial charge on any atom is -0.236 e. The molecule has 0 aliphatic carbocycles. The van der Waals surface area contributed by atoms with Crippen molar-refractivity contribution < 1.29 is 0 Å². The molecule has 2 nitrogen and oxygen atoms in total. The van der Waals surface area contributed by atoms with Crippen LogP contribution in [0.15, 0.2) is 219 Å². The van der Waals surface area contributed by atoms with Crippen molar-refractivity contribution in [3.63, 3.8) is 0 Å². The maximum Gasteiger partial charge on any atom is 0.116 e. The molecule has 0 N–H and O–H groups in total. The highest BCUT2D eigenvalue weighted by molar-refractivity contribution is 5.85. The Hall–Kier alpha value is -7.16. The monoisotopic (exact) mass is 688 g/mol. The Kier molecular flexibility index (Phi) is 8.99. The molecule has 8 aromatic carbocycles. The van der Waals surface area contributed by atoms with Gasteiger partial charge in [-0.05, 0) is 121 Å². The highest BCUT2D eigenvalue weighted by atomic mass is 14.8. The van der Waals surface area contributed by atoms with Crippen molar-refractivity contribution in [2.24, 2.45) is 0 Å². The molecule has 0 aliphatic heterocycles. The van der Waals surface area contributed by atoms with E-state index in [1.165, 1.54) is 44.5 Å². The fourth-order valence-electron chi connectivity index (χ4n) is 7.17. The third-order valence-electron chi connectivity index (χ3n) is 9.94. The summed E-state index contributed by atoms with van der Waals surface area (Å²) in [5.41, 5.74) is 18.0. The van der Waals surface area contributed by atoms with E-state index in [-0.39, 0.29) is 0 Å². The van der Waals surface area contributed by atoms with E-state index in [1.54, 1.807) is 6.33 Å². The average molecular weight is 689 g/mol. The van der Waals surface area contributed by atoms with Crippen molar-refractivity contribution in [3.05, 3.63) is 219 Å². The summed E-state index contributed by atoms with van der Waals surface area (Å²) in [7, 11) is 0. The fraction of sp³-hybridized carbons (Fsp3) is 0. The number of benzene rings is 8. The van der Waals surface area contributed by atoms with E-state index < -0.39 is 0 Å². The molecule has 254 valence electrons. The van der Waals surface area contributed by atoms with E-state index in [2.05, 4.69) is 212 Å². The number of rotatable bonds is 8. The summed E-state index contributed by atoms with van der Waals surface area (Å²) in [6.07, 6.45) is 1.68. The summed E-state index contributed by atoms with van der Waals surface area (Å²) in [5, 5.41) is 0. The van der Waals surface area contributed by atoms with Gasteiger partial charge in [-0.1, -0.05) is 158 Å². The first kappa shape index (κ1) is 32.7. The quantitative estimate of drug-likeness (QED) is 0.159. The van der Waals surface area contributed by atoms with Gasteiger partial charge in [0.2, 0.25) is 0 Å². The Morgan fingerprint density at radius 1 is 0.185 bits per heavy atom. The largest absolute Gasteiger partial charge is 0.236 e. The minimum atomic E-state index is 0.882. The molecule has 9 rings (SSSR count). The van der Waals surface area contributed by atoms with Crippen molar-refractivity contribution in [1.29, 1.82) is 0 Å². The molecule has 54 heavy (non-hydrogen) atoms. The second kappa shape index (κ2) is 14.8. The van der Waals surface area contributed by atoms with Gasteiger partial charge < -0.3 is 0 Å². The Morgan fingerprint density at radius 3 is 0.741 bits per heavy atom.